The van der Waals surface area contributed by atoms with Gasteiger partial charge in [0.05, 0.1) is 24.9 Å². The summed E-state index contributed by atoms with van der Waals surface area (Å²) in [5.41, 5.74) is 12.0. The predicted octanol–water partition coefficient (Wildman–Crippen LogP) is 1.01. The summed E-state index contributed by atoms with van der Waals surface area (Å²) in [4.78, 5) is 27.2. The third kappa shape index (κ3) is 3.69. The molecule has 0 bridgehead atoms. The number of nitrogens with two attached hydrogens (primary N) is 2. The molecule has 0 aliphatic rings. The molecule has 0 saturated carbocycles. The van der Waals surface area contributed by atoms with Gasteiger partial charge in [-0.15, -0.1) is 11.3 Å². The third-order valence-electron chi connectivity index (χ3n) is 2.67. The Kier molecular flexibility index (Phi) is 4.39. The van der Waals surface area contributed by atoms with Gasteiger partial charge in [-0.1, -0.05) is 0 Å². The van der Waals surface area contributed by atoms with Crippen molar-refractivity contribution in [1.29, 1.82) is 0 Å². The summed E-state index contributed by atoms with van der Waals surface area (Å²) in [6, 6.07) is 4.56. The molecule has 1 aromatic carbocycles. The molecule has 21 heavy (non-hydrogen) atoms. The number of hydrogen-bond donors (Lipinski definition) is 3. The molecule has 2 amide bonds. The maximum Gasteiger partial charge on any atom is 0.248 e. The third-order valence-corrected chi connectivity index (χ3v) is 3.39. The van der Waals surface area contributed by atoms with Crippen LogP contribution in [0, 0.1) is 0 Å². The van der Waals surface area contributed by atoms with E-state index in [1.807, 2.05) is 0 Å². The first-order chi connectivity index (χ1) is 9.99. The molecule has 2 aromatic rings. The zero-order chi connectivity index (χ0) is 15.4. The largest absolute Gasteiger partial charge is 0.495 e. The molecular weight excluding hydrogens is 292 g/mol. The van der Waals surface area contributed by atoms with Gasteiger partial charge in [0.1, 0.15) is 5.75 Å². The lowest BCUT2D eigenvalue weighted by Crippen LogP contribution is -2.17. The molecule has 0 spiro atoms. The van der Waals surface area contributed by atoms with Crippen LogP contribution in [0.5, 0.6) is 5.75 Å². The Morgan fingerprint density at radius 3 is 2.76 bits per heavy atom. The van der Waals surface area contributed by atoms with E-state index in [2.05, 4.69) is 10.3 Å². The van der Waals surface area contributed by atoms with Crippen molar-refractivity contribution in [2.24, 2.45) is 5.73 Å². The number of carbonyl (C=O) groups is 2. The minimum Gasteiger partial charge on any atom is -0.495 e. The quantitative estimate of drug-likeness (QED) is 0.761. The number of nitrogen functional groups attached to an aromatic ring is 1. The summed E-state index contributed by atoms with van der Waals surface area (Å²) in [7, 11) is 1.47. The Morgan fingerprint density at radius 1 is 1.43 bits per heavy atom. The number of aromatic nitrogens is 1. The Morgan fingerprint density at radius 2 is 2.19 bits per heavy atom. The smallest absolute Gasteiger partial charge is 0.248 e. The van der Waals surface area contributed by atoms with Gasteiger partial charge in [-0.2, -0.15) is 0 Å². The van der Waals surface area contributed by atoms with Gasteiger partial charge in [0.2, 0.25) is 11.8 Å². The van der Waals surface area contributed by atoms with Crippen molar-refractivity contribution in [3.8, 4) is 5.75 Å². The molecule has 8 heteroatoms. The minimum atomic E-state index is -0.583. The molecule has 0 aliphatic heterocycles. The molecule has 0 fully saturated rings. The molecular formula is C13H14N4O3S. The van der Waals surface area contributed by atoms with E-state index in [4.69, 9.17) is 16.2 Å². The number of thiazole rings is 1. The molecule has 2 rings (SSSR count). The lowest BCUT2D eigenvalue weighted by molar-refractivity contribution is -0.115. The van der Waals surface area contributed by atoms with Crippen molar-refractivity contribution >= 4 is 34.0 Å². The van der Waals surface area contributed by atoms with Crippen molar-refractivity contribution in [2.75, 3.05) is 18.2 Å². The van der Waals surface area contributed by atoms with E-state index in [0.717, 1.165) is 0 Å². The number of anilines is 2. The summed E-state index contributed by atoms with van der Waals surface area (Å²) >= 11 is 1.27. The van der Waals surface area contributed by atoms with Crippen LogP contribution in [0.15, 0.2) is 23.6 Å². The molecule has 0 aliphatic carbocycles. The van der Waals surface area contributed by atoms with E-state index in [1.54, 1.807) is 11.4 Å². The molecule has 0 atom stereocenters. The normalized spacial score (nSPS) is 10.1. The number of amides is 2. The number of ether oxygens (including phenoxy) is 1. The number of primary amides is 1. The van der Waals surface area contributed by atoms with E-state index in [-0.39, 0.29) is 17.9 Å². The highest BCUT2D eigenvalue weighted by Gasteiger charge is 2.12. The second-order valence-electron chi connectivity index (χ2n) is 4.18. The molecule has 1 heterocycles. The molecule has 0 radical (unpaired) electrons. The van der Waals surface area contributed by atoms with Crippen LogP contribution in [0.3, 0.4) is 0 Å². The van der Waals surface area contributed by atoms with E-state index in [0.29, 0.717) is 22.3 Å². The number of rotatable bonds is 5. The van der Waals surface area contributed by atoms with Crippen LogP contribution in [0.4, 0.5) is 10.8 Å². The summed E-state index contributed by atoms with van der Waals surface area (Å²) in [5.74, 6) is -0.438. The fourth-order valence-electron chi connectivity index (χ4n) is 1.72. The Bertz CT molecular complexity index is 684. The van der Waals surface area contributed by atoms with Crippen molar-refractivity contribution in [1.82, 2.24) is 4.98 Å². The maximum atomic E-state index is 12.0. The maximum absolute atomic E-state index is 12.0. The van der Waals surface area contributed by atoms with Gasteiger partial charge in [0.15, 0.2) is 5.13 Å². The van der Waals surface area contributed by atoms with Crippen LogP contribution in [0.25, 0.3) is 0 Å². The lowest BCUT2D eigenvalue weighted by Gasteiger charge is -2.10. The first-order valence-corrected chi connectivity index (χ1v) is 6.85. The van der Waals surface area contributed by atoms with E-state index >= 15 is 0 Å². The molecule has 5 N–H and O–H groups in total. The first kappa shape index (κ1) is 14.8. The average Bonchev–Trinajstić information content (AvgIpc) is 2.83. The Balaban J connectivity index is 2.15. The van der Waals surface area contributed by atoms with Gasteiger partial charge in [0, 0.05) is 10.9 Å². The molecule has 7 nitrogen and oxygen atoms in total. The fourth-order valence-corrected chi connectivity index (χ4v) is 2.28. The summed E-state index contributed by atoms with van der Waals surface area (Å²) in [5, 5.41) is 4.79. The number of carbonyl (C=O) groups excluding carboxylic acids is 2. The van der Waals surface area contributed by atoms with Crippen LogP contribution in [0.1, 0.15) is 16.1 Å². The topological polar surface area (TPSA) is 120 Å². The zero-order valence-electron chi connectivity index (χ0n) is 11.3. The highest BCUT2D eigenvalue weighted by molar-refractivity contribution is 7.13. The van der Waals surface area contributed by atoms with Gasteiger partial charge < -0.3 is 21.5 Å². The van der Waals surface area contributed by atoms with E-state index < -0.39 is 5.91 Å². The van der Waals surface area contributed by atoms with E-state index in [1.165, 1.54) is 30.6 Å². The number of nitrogens with zero attached hydrogens (tertiary/aromatic N) is 1. The second kappa shape index (κ2) is 6.23. The van der Waals surface area contributed by atoms with Crippen LogP contribution in [-0.4, -0.2) is 23.9 Å². The van der Waals surface area contributed by atoms with Crippen molar-refractivity contribution < 1.29 is 14.3 Å². The van der Waals surface area contributed by atoms with Crippen LogP contribution < -0.4 is 21.5 Å². The van der Waals surface area contributed by atoms with Crippen molar-refractivity contribution in [2.45, 2.75) is 6.42 Å². The molecule has 110 valence electrons. The average molecular weight is 306 g/mol. The predicted molar refractivity (Wildman–Crippen MR) is 80.4 cm³/mol. The number of methoxy groups -OCH3 is 1. The summed E-state index contributed by atoms with van der Waals surface area (Å²) in [6.07, 6.45) is 0.0810. The highest BCUT2D eigenvalue weighted by atomic mass is 32.1. The Hall–Kier alpha value is -2.61. The van der Waals surface area contributed by atoms with Crippen LogP contribution in [-0.2, 0) is 11.2 Å². The first-order valence-electron chi connectivity index (χ1n) is 5.97. The van der Waals surface area contributed by atoms with Gasteiger partial charge in [-0.05, 0) is 18.2 Å². The highest BCUT2D eigenvalue weighted by Crippen LogP contribution is 2.25. The van der Waals surface area contributed by atoms with E-state index in [9.17, 15) is 9.59 Å². The van der Waals surface area contributed by atoms with Gasteiger partial charge in [-0.3, -0.25) is 9.59 Å². The Labute approximate surface area is 124 Å². The van der Waals surface area contributed by atoms with Gasteiger partial charge in [0.25, 0.3) is 0 Å². The summed E-state index contributed by atoms with van der Waals surface area (Å²) in [6.45, 7) is 0. The minimum absolute atomic E-state index is 0.0810. The molecule has 0 unspecified atom stereocenters. The van der Waals surface area contributed by atoms with Gasteiger partial charge in [-0.25, -0.2) is 4.98 Å². The van der Waals surface area contributed by atoms with Crippen molar-refractivity contribution in [3.05, 3.63) is 34.8 Å². The SMILES string of the molecule is COc1ccc(C(N)=O)cc1NC(=O)Cc1csc(N)n1. The lowest BCUT2D eigenvalue weighted by atomic mass is 10.1. The molecule has 0 saturated heterocycles. The van der Waals surface area contributed by atoms with Crippen LogP contribution in [0.2, 0.25) is 0 Å². The second-order valence-corrected chi connectivity index (χ2v) is 5.07. The number of benzene rings is 1. The fraction of sp³-hybridized carbons (Fsp3) is 0.154. The standard InChI is InChI=1S/C13H14N4O3S/c1-20-10-3-2-7(12(14)19)4-9(10)17-11(18)5-8-6-21-13(15)16-8/h2-4,6H,5H2,1H3,(H2,14,19)(H2,15,16)(H,17,18). The van der Waals surface area contributed by atoms with Crippen LogP contribution >= 0.6 is 11.3 Å². The summed E-state index contributed by atoms with van der Waals surface area (Å²) < 4.78 is 5.13. The number of nitrogens with one attached hydrogen (secondary N) is 1. The monoisotopic (exact) mass is 306 g/mol. The van der Waals surface area contributed by atoms with Gasteiger partial charge >= 0.3 is 0 Å². The molecule has 1 aromatic heterocycles. The van der Waals surface area contributed by atoms with Crippen molar-refractivity contribution in [3.63, 3.8) is 0 Å². The number of hydrogen-bond acceptors (Lipinski definition) is 6. The zero-order valence-corrected chi connectivity index (χ0v) is 12.1.